The second-order valence-electron chi connectivity index (χ2n) is 7.78. The maximum Gasteiger partial charge on any atom is 0.267 e. The number of amides is 1. The zero-order valence-corrected chi connectivity index (χ0v) is 17.1. The van der Waals surface area contributed by atoms with E-state index in [9.17, 15) is 4.79 Å². The van der Waals surface area contributed by atoms with E-state index in [1.165, 1.54) is 11.6 Å². The summed E-state index contributed by atoms with van der Waals surface area (Å²) in [5.74, 6) is 1.11. The summed E-state index contributed by atoms with van der Waals surface area (Å²) < 4.78 is 2.33. The Hall–Kier alpha value is -2.92. The molecule has 0 spiro atoms. The van der Waals surface area contributed by atoms with Crippen molar-refractivity contribution in [1.82, 2.24) is 15.0 Å². The highest BCUT2D eigenvalue weighted by molar-refractivity contribution is 5.91. The van der Waals surface area contributed by atoms with Gasteiger partial charge in [0, 0.05) is 19.0 Å². The van der Waals surface area contributed by atoms with Gasteiger partial charge in [-0.3, -0.25) is 10.0 Å². The van der Waals surface area contributed by atoms with E-state index in [1.807, 2.05) is 12.1 Å². The van der Waals surface area contributed by atoms with Crippen molar-refractivity contribution in [1.29, 1.82) is 0 Å². The lowest BCUT2D eigenvalue weighted by Crippen LogP contribution is -2.14. The fourth-order valence-electron chi connectivity index (χ4n) is 3.53. The molecule has 1 heterocycles. The number of rotatable bonds is 9. The van der Waals surface area contributed by atoms with Crippen LogP contribution in [0.3, 0.4) is 0 Å². The van der Waals surface area contributed by atoms with Crippen molar-refractivity contribution < 1.29 is 10.0 Å². The Labute approximate surface area is 172 Å². The van der Waals surface area contributed by atoms with Gasteiger partial charge in [0.15, 0.2) is 0 Å². The van der Waals surface area contributed by atoms with Gasteiger partial charge in [-0.15, -0.1) is 0 Å². The average molecular weight is 392 g/mol. The van der Waals surface area contributed by atoms with Crippen molar-refractivity contribution in [2.45, 2.75) is 46.1 Å². The molecule has 3 aromatic rings. The lowest BCUT2D eigenvalue weighted by Gasteiger charge is -2.12. The number of aryl methyl sites for hydroxylation is 2. The van der Waals surface area contributed by atoms with Gasteiger partial charge in [-0.25, -0.2) is 10.5 Å². The molecule has 5 heteroatoms. The van der Waals surface area contributed by atoms with Crippen LogP contribution >= 0.6 is 0 Å². The summed E-state index contributed by atoms with van der Waals surface area (Å²) in [5, 5.41) is 8.62. The highest BCUT2D eigenvalue weighted by Crippen LogP contribution is 2.22. The number of hydrogen-bond donors (Lipinski definition) is 2. The van der Waals surface area contributed by atoms with Crippen molar-refractivity contribution in [3.8, 4) is 0 Å². The van der Waals surface area contributed by atoms with Gasteiger partial charge >= 0.3 is 0 Å². The number of nitrogens with one attached hydrogen (secondary N) is 1. The second-order valence-corrected chi connectivity index (χ2v) is 7.78. The number of hydrogen-bond acceptors (Lipinski definition) is 3. The molecule has 29 heavy (non-hydrogen) atoms. The number of hydroxylamine groups is 1. The van der Waals surface area contributed by atoms with Crippen LogP contribution in [-0.4, -0.2) is 20.7 Å². The SMILES string of the molecule is CC(C)Cn1c(CCCCc2ccccc2)nc2cc(/C=C/C(=O)NO)ccc21. The number of benzene rings is 2. The standard InChI is InChI=1S/C24H29N3O2/c1-18(2)17-27-22-14-12-20(13-15-24(28)26-29)16-21(22)25-23(27)11-7-6-10-19-8-4-3-5-9-19/h3-5,8-9,12-16,18,29H,6-7,10-11,17H2,1-2H3,(H,26,28)/b15-13+. The van der Waals surface area contributed by atoms with Gasteiger partial charge in [0.25, 0.3) is 5.91 Å². The van der Waals surface area contributed by atoms with Crippen LogP contribution in [-0.2, 0) is 24.2 Å². The molecule has 0 unspecified atom stereocenters. The molecule has 0 aliphatic heterocycles. The van der Waals surface area contributed by atoms with Crippen molar-refractivity contribution >= 4 is 23.0 Å². The van der Waals surface area contributed by atoms with Crippen LogP contribution in [0.2, 0.25) is 0 Å². The van der Waals surface area contributed by atoms with E-state index in [0.717, 1.165) is 54.6 Å². The Kier molecular flexibility index (Phi) is 7.19. The molecule has 0 saturated heterocycles. The zero-order chi connectivity index (χ0) is 20.6. The Bertz CT molecular complexity index is 974. The molecule has 0 radical (unpaired) electrons. The van der Waals surface area contributed by atoms with Crippen molar-refractivity contribution in [3.05, 3.63) is 71.6 Å². The topological polar surface area (TPSA) is 67.2 Å². The molecule has 0 bridgehead atoms. The summed E-state index contributed by atoms with van der Waals surface area (Å²) in [6.45, 7) is 5.37. The summed E-state index contributed by atoms with van der Waals surface area (Å²) in [6.07, 6.45) is 7.25. The molecule has 1 aromatic heterocycles. The highest BCUT2D eigenvalue weighted by atomic mass is 16.5. The largest absolute Gasteiger partial charge is 0.328 e. The first-order valence-corrected chi connectivity index (χ1v) is 10.2. The Balaban J connectivity index is 1.75. The summed E-state index contributed by atoms with van der Waals surface area (Å²) >= 11 is 0. The van der Waals surface area contributed by atoms with Crippen LogP contribution in [0.5, 0.6) is 0 Å². The third kappa shape index (κ3) is 5.78. The second kappa shape index (κ2) is 10.0. The summed E-state index contributed by atoms with van der Waals surface area (Å²) in [5.41, 5.74) is 5.93. The monoisotopic (exact) mass is 391 g/mol. The van der Waals surface area contributed by atoms with E-state index in [0.29, 0.717) is 5.92 Å². The quantitative estimate of drug-likeness (QED) is 0.239. The first kappa shape index (κ1) is 20.8. The number of unbranched alkanes of at least 4 members (excludes halogenated alkanes) is 1. The van der Waals surface area contributed by atoms with Crippen LogP contribution in [0.4, 0.5) is 0 Å². The number of carbonyl (C=O) groups is 1. The summed E-state index contributed by atoms with van der Waals surface area (Å²) in [4.78, 5) is 16.1. The number of aromatic nitrogens is 2. The van der Waals surface area contributed by atoms with E-state index in [1.54, 1.807) is 11.6 Å². The molecule has 3 rings (SSSR count). The molecule has 2 aromatic carbocycles. The number of fused-ring (bicyclic) bond motifs is 1. The predicted molar refractivity (Wildman–Crippen MR) is 117 cm³/mol. The molecule has 1 amide bonds. The van der Waals surface area contributed by atoms with E-state index in [2.05, 4.69) is 54.8 Å². The van der Waals surface area contributed by atoms with Gasteiger partial charge in [0.05, 0.1) is 11.0 Å². The van der Waals surface area contributed by atoms with Gasteiger partial charge in [-0.1, -0.05) is 50.2 Å². The van der Waals surface area contributed by atoms with Crippen LogP contribution in [0.15, 0.2) is 54.6 Å². The van der Waals surface area contributed by atoms with Crippen molar-refractivity contribution in [2.24, 2.45) is 5.92 Å². The lowest BCUT2D eigenvalue weighted by atomic mass is 10.1. The Morgan fingerprint density at radius 1 is 1.14 bits per heavy atom. The van der Waals surface area contributed by atoms with E-state index in [-0.39, 0.29) is 0 Å². The first-order valence-electron chi connectivity index (χ1n) is 10.2. The fourth-order valence-corrected chi connectivity index (χ4v) is 3.53. The minimum absolute atomic E-state index is 0.531. The van der Waals surface area contributed by atoms with Gasteiger partial charge in [0.1, 0.15) is 5.82 Å². The third-order valence-electron chi connectivity index (χ3n) is 4.90. The molecular formula is C24H29N3O2. The molecule has 152 valence electrons. The van der Waals surface area contributed by atoms with Crippen LogP contribution < -0.4 is 5.48 Å². The lowest BCUT2D eigenvalue weighted by molar-refractivity contribution is -0.124. The molecule has 2 N–H and O–H groups in total. The van der Waals surface area contributed by atoms with Crippen molar-refractivity contribution in [2.75, 3.05) is 0 Å². The van der Waals surface area contributed by atoms with E-state index in [4.69, 9.17) is 10.2 Å². The fraction of sp³-hybridized carbons (Fsp3) is 0.333. The highest BCUT2D eigenvalue weighted by Gasteiger charge is 2.12. The van der Waals surface area contributed by atoms with Gasteiger partial charge in [-0.05, 0) is 54.5 Å². The van der Waals surface area contributed by atoms with Crippen LogP contribution in [0.1, 0.15) is 43.6 Å². The van der Waals surface area contributed by atoms with Gasteiger partial charge in [0.2, 0.25) is 0 Å². The van der Waals surface area contributed by atoms with E-state index < -0.39 is 5.91 Å². The minimum atomic E-state index is -0.547. The summed E-state index contributed by atoms with van der Waals surface area (Å²) in [6, 6.07) is 16.6. The Morgan fingerprint density at radius 3 is 2.62 bits per heavy atom. The number of carbonyl (C=O) groups excluding carboxylic acids is 1. The molecule has 0 aliphatic rings. The molecule has 0 aliphatic carbocycles. The Morgan fingerprint density at radius 2 is 1.90 bits per heavy atom. The maximum atomic E-state index is 11.2. The first-order chi connectivity index (χ1) is 14.1. The van der Waals surface area contributed by atoms with Crippen molar-refractivity contribution in [3.63, 3.8) is 0 Å². The normalized spacial score (nSPS) is 11.6. The summed E-state index contributed by atoms with van der Waals surface area (Å²) in [7, 11) is 0. The van der Waals surface area contributed by atoms with Gasteiger partial charge in [-0.2, -0.15) is 0 Å². The van der Waals surface area contributed by atoms with Crippen LogP contribution in [0, 0.1) is 5.92 Å². The number of imidazole rings is 1. The predicted octanol–water partition coefficient (Wildman–Crippen LogP) is 4.78. The number of nitrogens with zero attached hydrogens (tertiary/aromatic N) is 2. The minimum Gasteiger partial charge on any atom is -0.328 e. The van der Waals surface area contributed by atoms with Gasteiger partial charge < -0.3 is 4.57 Å². The molecule has 5 nitrogen and oxygen atoms in total. The molecule has 0 fully saturated rings. The molecular weight excluding hydrogens is 362 g/mol. The average Bonchev–Trinajstić information content (AvgIpc) is 3.06. The van der Waals surface area contributed by atoms with Crippen LogP contribution in [0.25, 0.3) is 17.1 Å². The van der Waals surface area contributed by atoms with E-state index >= 15 is 0 Å². The molecule has 0 saturated carbocycles. The smallest absolute Gasteiger partial charge is 0.267 e. The zero-order valence-electron chi connectivity index (χ0n) is 17.1. The molecule has 0 atom stereocenters. The maximum absolute atomic E-state index is 11.2. The third-order valence-corrected chi connectivity index (χ3v) is 4.90.